The number of rotatable bonds is 4. The van der Waals surface area contributed by atoms with Gasteiger partial charge in [-0.1, -0.05) is 19.8 Å². The van der Waals surface area contributed by atoms with Crippen LogP contribution < -0.4 is 0 Å². The molecule has 0 saturated heterocycles. The predicted molar refractivity (Wildman–Crippen MR) is 49.7 cm³/mol. The van der Waals surface area contributed by atoms with Gasteiger partial charge in [-0.3, -0.25) is 0 Å². The third-order valence-corrected chi connectivity index (χ3v) is 3.25. The molecule has 11 heavy (non-hydrogen) atoms. The van der Waals surface area contributed by atoms with Crippen LogP contribution in [0.25, 0.3) is 0 Å². The first-order valence-electron chi connectivity index (χ1n) is 4.83. The molecule has 0 aliphatic heterocycles. The van der Waals surface area contributed by atoms with Crippen molar-refractivity contribution in [3.63, 3.8) is 0 Å². The SMILES string of the molecule is CCC1(CCN(C)C)CCC1. The van der Waals surface area contributed by atoms with E-state index in [2.05, 4.69) is 25.9 Å². The van der Waals surface area contributed by atoms with Crippen LogP contribution in [-0.4, -0.2) is 25.5 Å². The Bertz CT molecular complexity index is 109. The average molecular weight is 155 g/mol. The highest BCUT2D eigenvalue weighted by molar-refractivity contribution is 4.86. The van der Waals surface area contributed by atoms with E-state index in [-0.39, 0.29) is 0 Å². The molecular weight excluding hydrogens is 134 g/mol. The molecule has 0 radical (unpaired) electrons. The Labute approximate surface area is 70.8 Å². The van der Waals surface area contributed by atoms with E-state index in [1.54, 1.807) is 0 Å². The third kappa shape index (κ3) is 2.19. The lowest BCUT2D eigenvalue weighted by molar-refractivity contribution is 0.101. The standard InChI is InChI=1S/C10H21N/c1-4-10(6-5-7-10)8-9-11(2)3/h4-9H2,1-3H3. The van der Waals surface area contributed by atoms with Crippen LogP contribution in [0.2, 0.25) is 0 Å². The van der Waals surface area contributed by atoms with Gasteiger partial charge in [0.05, 0.1) is 0 Å². The van der Waals surface area contributed by atoms with Gasteiger partial charge < -0.3 is 4.90 Å². The maximum atomic E-state index is 2.34. The molecule has 0 N–H and O–H groups in total. The van der Waals surface area contributed by atoms with E-state index in [1.807, 2.05) is 0 Å². The lowest BCUT2D eigenvalue weighted by Gasteiger charge is -2.42. The van der Waals surface area contributed by atoms with Crippen molar-refractivity contribution < 1.29 is 0 Å². The van der Waals surface area contributed by atoms with E-state index in [0.29, 0.717) is 0 Å². The van der Waals surface area contributed by atoms with Crippen molar-refractivity contribution in [1.29, 1.82) is 0 Å². The van der Waals surface area contributed by atoms with Gasteiger partial charge in [0, 0.05) is 0 Å². The van der Waals surface area contributed by atoms with Gasteiger partial charge in [-0.05, 0) is 45.3 Å². The second-order valence-electron chi connectivity index (χ2n) is 4.26. The van der Waals surface area contributed by atoms with E-state index < -0.39 is 0 Å². The molecule has 0 spiro atoms. The molecule has 1 nitrogen and oxygen atoms in total. The second-order valence-corrected chi connectivity index (χ2v) is 4.26. The fourth-order valence-electron chi connectivity index (χ4n) is 1.92. The Morgan fingerprint density at radius 1 is 1.27 bits per heavy atom. The fraction of sp³-hybridized carbons (Fsp3) is 1.00. The lowest BCUT2D eigenvalue weighted by Crippen LogP contribution is -2.32. The van der Waals surface area contributed by atoms with E-state index in [0.717, 1.165) is 5.41 Å². The molecule has 0 atom stereocenters. The first-order valence-corrected chi connectivity index (χ1v) is 4.83. The van der Waals surface area contributed by atoms with Gasteiger partial charge in [-0.25, -0.2) is 0 Å². The van der Waals surface area contributed by atoms with Crippen LogP contribution >= 0.6 is 0 Å². The molecule has 0 amide bonds. The van der Waals surface area contributed by atoms with Crippen molar-refractivity contribution in [1.82, 2.24) is 4.90 Å². The molecular formula is C10H21N. The van der Waals surface area contributed by atoms with E-state index in [9.17, 15) is 0 Å². The highest BCUT2D eigenvalue weighted by Crippen LogP contribution is 2.46. The number of hydrogen-bond acceptors (Lipinski definition) is 1. The van der Waals surface area contributed by atoms with Crippen LogP contribution in [0.4, 0.5) is 0 Å². The van der Waals surface area contributed by atoms with Gasteiger partial charge in [0.1, 0.15) is 0 Å². The van der Waals surface area contributed by atoms with Crippen LogP contribution in [-0.2, 0) is 0 Å². The summed E-state index contributed by atoms with van der Waals surface area (Å²) in [6, 6.07) is 0. The number of nitrogens with zero attached hydrogens (tertiary/aromatic N) is 1. The summed E-state index contributed by atoms with van der Waals surface area (Å²) < 4.78 is 0. The Morgan fingerprint density at radius 2 is 1.91 bits per heavy atom. The lowest BCUT2D eigenvalue weighted by atomic mass is 9.65. The molecule has 0 aromatic heterocycles. The normalized spacial score (nSPS) is 21.8. The summed E-state index contributed by atoms with van der Waals surface area (Å²) in [7, 11) is 4.34. The molecule has 1 saturated carbocycles. The molecule has 0 aromatic carbocycles. The fourth-order valence-corrected chi connectivity index (χ4v) is 1.92. The third-order valence-electron chi connectivity index (χ3n) is 3.25. The van der Waals surface area contributed by atoms with Gasteiger partial charge in [0.2, 0.25) is 0 Å². The van der Waals surface area contributed by atoms with Gasteiger partial charge in [-0.2, -0.15) is 0 Å². The van der Waals surface area contributed by atoms with Crippen molar-refractivity contribution in [3.8, 4) is 0 Å². The quantitative estimate of drug-likeness (QED) is 0.603. The van der Waals surface area contributed by atoms with Crippen molar-refractivity contribution in [3.05, 3.63) is 0 Å². The Kier molecular flexibility index (Phi) is 2.94. The Morgan fingerprint density at radius 3 is 2.18 bits per heavy atom. The topological polar surface area (TPSA) is 3.24 Å². The monoisotopic (exact) mass is 155 g/mol. The van der Waals surface area contributed by atoms with Gasteiger partial charge >= 0.3 is 0 Å². The van der Waals surface area contributed by atoms with Crippen LogP contribution in [0, 0.1) is 5.41 Å². The van der Waals surface area contributed by atoms with Gasteiger partial charge in [0.25, 0.3) is 0 Å². The summed E-state index contributed by atoms with van der Waals surface area (Å²) in [5, 5.41) is 0. The van der Waals surface area contributed by atoms with Crippen molar-refractivity contribution in [2.24, 2.45) is 5.41 Å². The molecule has 1 heteroatoms. The molecule has 66 valence electrons. The molecule has 0 bridgehead atoms. The molecule has 1 aliphatic rings. The van der Waals surface area contributed by atoms with Crippen molar-refractivity contribution >= 4 is 0 Å². The zero-order valence-corrected chi connectivity index (χ0v) is 8.19. The highest BCUT2D eigenvalue weighted by atomic mass is 15.0. The predicted octanol–water partition coefficient (Wildman–Crippen LogP) is 2.52. The average Bonchev–Trinajstić information content (AvgIpc) is 1.86. The van der Waals surface area contributed by atoms with Crippen LogP contribution in [0.1, 0.15) is 39.0 Å². The largest absolute Gasteiger partial charge is 0.309 e. The maximum absolute atomic E-state index is 2.34. The number of hydrogen-bond donors (Lipinski definition) is 0. The van der Waals surface area contributed by atoms with E-state index in [1.165, 1.54) is 38.6 Å². The Hall–Kier alpha value is -0.0400. The van der Waals surface area contributed by atoms with E-state index >= 15 is 0 Å². The van der Waals surface area contributed by atoms with E-state index in [4.69, 9.17) is 0 Å². The molecule has 1 rings (SSSR count). The van der Waals surface area contributed by atoms with Crippen LogP contribution in [0.3, 0.4) is 0 Å². The molecule has 1 fully saturated rings. The zero-order chi connectivity index (χ0) is 8.32. The van der Waals surface area contributed by atoms with Gasteiger partial charge in [-0.15, -0.1) is 0 Å². The Balaban J connectivity index is 2.22. The summed E-state index contributed by atoms with van der Waals surface area (Å²) in [6.07, 6.45) is 7.24. The first-order chi connectivity index (χ1) is 5.18. The smallest absolute Gasteiger partial charge is 0.00195 e. The summed E-state index contributed by atoms with van der Waals surface area (Å²) in [6.45, 7) is 3.61. The summed E-state index contributed by atoms with van der Waals surface area (Å²) in [4.78, 5) is 2.30. The maximum Gasteiger partial charge on any atom is -0.00195 e. The summed E-state index contributed by atoms with van der Waals surface area (Å²) >= 11 is 0. The first kappa shape index (κ1) is 9.05. The van der Waals surface area contributed by atoms with Crippen molar-refractivity contribution in [2.75, 3.05) is 20.6 Å². The molecule has 0 aromatic rings. The molecule has 0 unspecified atom stereocenters. The minimum absolute atomic E-state index is 0.754. The van der Waals surface area contributed by atoms with Crippen molar-refractivity contribution in [2.45, 2.75) is 39.0 Å². The summed E-state index contributed by atoms with van der Waals surface area (Å²) in [5.74, 6) is 0. The van der Waals surface area contributed by atoms with Gasteiger partial charge in [0.15, 0.2) is 0 Å². The highest BCUT2D eigenvalue weighted by Gasteiger charge is 2.34. The minimum Gasteiger partial charge on any atom is -0.309 e. The molecule has 0 heterocycles. The summed E-state index contributed by atoms with van der Waals surface area (Å²) in [5.41, 5.74) is 0.754. The molecule has 1 aliphatic carbocycles. The minimum atomic E-state index is 0.754. The second kappa shape index (κ2) is 3.57. The van der Waals surface area contributed by atoms with Crippen LogP contribution in [0.5, 0.6) is 0 Å². The van der Waals surface area contributed by atoms with Crippen LogP contribution in [0.15, 0.2) is 0 Å². The zero-order valence-electron chi connectivity index (χ0n) is 8.19.